The fourth-order valence-electron chi connectivity index (χ4n) is 8.69. The quantitative estimate of drug-likeness (QED) is 0.143. The molecule has 4 aromatic rings. The lowest BCUT2D eigenvalue weighted by atomic mass is 10.0. The number of nitrogens with zero attached hydrogens (tertiary/aromatic N) is 4. The normalized spacial score (nSPS) is 23.7. The summed E-state index contributed by atoms with van der Waals surface area (Å²) < 4.78 is 9.57. The first-order valence-electron chi connectivity index (χ1n) is 20.1. The minimum atomic E-state index is -0.672. The van der Waals surface area contributed by atoms with Gasteiger partial charge in [-0.1, -0.05) is 63.8 Å². The highest BCUT2D eigenvalue weighted by Crippen LogP contribution is 2.54. The van der Waals surface area contributed by atoms with Crippen LogP contribution in [0.15, 0.2) is 60.9 Å². The highest BCUT2D eigenvalue weighted by atomic mass is 16.5. The first-order chi connectivity index (χ1) is 27.9. The molecular formula is C44H50N8O6. The van der Waals surface area contributed by atoms with Crippen LogP contribution in [0.1, 0.15) is 88.0 Å². The van der Waals surface area contributed by atoms with Gasteiger partial charge in [0, 0.05) is 34.3 Å². The number of carbonyl (C=O) groups is 4. The molecule has 6 unspecified atom stereocenters. The van der Waals surface area contributed by atoms with Crippen LogP contribution in [-0.2, 0) is 19.1 Å². The third-order valence-corrected chi connectivity index (χ3v) is 12.1. The van der Waals surface area contributed by atoms with Gasteiger partial charge < -0.3 is 39.9 Å². The molecule has 4 aliphatic rings. The Kier molecular flexibility index (Phi) is 10.5. The maximum atomic E-state index is 13.7. The molecule has 4 amide bonds. The number of fused-ring (bicyclic) bond motifs is 2. The molecule has 14 heteroatoms. The van der Waals surface area contributed by atoms with E-state index in [9.17, 15) is 19.2 Å². The first kappa shape index (κ1) is 38.8. The van der Waals surface area contributed by atoms with Crippen molar-refractivity contribution in [3.8, 4) is 34.6 Å². The summed E-state index contributed by atoms with van der Waals surface area (Å²) in [6.07, 6.45) is 6.08. The molecular weight excluding hydrogens is 737 g/mol. The van der Waals surface area contributed by atoms with Crippen molar-refractivity contribution in [2.75, 3.05) is 14.2 Å². The zero-order valence-electron chi connectivity index (χ0n) is 33.6. The maximum Gasteiger partial charge on any atom is 0.407 e. The predicted octanol–water partition coefficient (Wildman–Crippen LogP) is 5.95. The van der Waals surface area contributed by atoms with E-state index in [1.54, 1.807) is 0 Å². The zero-order valence-corrected chi connectivity index (χ0v) is 33.6. The van der Waals surface area contributed by atoms with E-state index in [-0.39, 0.29) is 47.8 Å². The van der Waals surface area contributed by atoms with Gasteiger partial charge in [-0.15, -0.1) is 0 Å². The Bertz CT molecular complexity index is 2100. The van der Waals surface area contributed by atoms with Crippen LogP contribution in [0.5, 0.6) is 0 Å². The number of benzene rings is 2. The van der Waals surface area contributed by atoms with Gasteiger partial charge in [0.1, 0.15) is 23.7 Å². The zero-order chi connectivity index (χ0) is 40.8. The van der Waals surface area contributed by atoms with Crippen molar-refractivity contribution in [2.24, 2.45) is 23.7 Å². The molecule has 2 aromatic heterocycles. The van der Waals surface area contributed by atoms with Gasteiger partial charge >= 0.3 is 12.2 Å². The van der Waals surface area contributed by atoms with Crippen molar-refractivity contribution in [1.29, 1.82) is 0 Å². The van der Waals surface area contributed by atoms with Gasteiger partial charge in [0.2, 0.25) is 11.8 Å². The summed E-state index contributed by atoms with van der Waals surface area (Å²) in [4.78, 5) is 71.7. The molecule has 2 saturated carbocycles. The largest absolute Gasteiger partial charge is 0.453 e. The lowest BCUT2D eigenvalue weighted by Crippen LogP contribution is -2.51. The molecule has 8 atom stereocenters. The molecule has 0 bridgehead atoms. The summed E-state index contributed by atoms with van der Waals surface area (Å²) in [5, 5.41) is 5.46. The van der Waals surface area contributed by atoms with Gasteiger partial charge in [-0.25, -0.2) is 19.6 Å². The molecule has 14 nitrogen and oxygen atoms in total. The van der Waals surface area contributed by atoms with Crippen LogP contribution in [0.4, 0.5) is 9.59 Å². The summed E-state index contributed by atoms with van der Waals surface area (Å²) in [5.74, 6) is 8.47. The van der Waals surface area contributed by atoms with Crippen LogP contribution in [0.3, 0.4) is 0 Å². The second kappa shape index (κ2) is 15.7. The summed E-state index contributed by atoms with van der Waals surface area (Å²) in [7, 11) is 2.60. The minimum absolute atomic E-state index is 0.0934. The molecule has 58 heavy (non-hydrogen) atoms. The molecule has 2 aliphatic carbocycles. The number of carbonyl (C=O) groups excluding carboxylic acids is 4. The van der Waals surface area contributed by atoms with E-state index in [1.165, 1.54) is 14.2 Å². The third-order valence-electron chi connectivity index (χ3n) is 12.1. The minimum Gasteiger partial charge on any atom is -0.453 e. The van der Waals surface area contributed by atoms with Crippen molar-refractivity contribution in [2.45, 2.75) is 89.6 Å². The summed E-state index contributed by atoms with van der Waals surface area (Å²) in [5.41, 5.74) is 5.29. The van der Waals surface area contributed by atoms with Crippen LogP contribution in [0, 0.1) is 35.5 Å². The Morgan fingerprint density at radius 3 is 1.36 bits per heavy atom. The number of amides is 4. The number of likely N-dealkylation sites (tertiary alicyclic amines) is 2. The maximum absolute atomic E-state index is 13.7. The number of methoxy groups -OCH3 is 2. The number of alkyl carbamates (subject to hydrolysis) is 2. The molecule has 4 N–H and O–H groups in total. The van der Waals surface area contributed by atoms with Crippen LogP contribution >= 0.6 is 0 Å². The number of H-pyrrole nitrogens is 2. The number of hydrogen-bond acceptors (Lipinski definition) is 8. The highest BCUT2D eigenvalue weighted by Gasteiger charge is 2.57. The van der Waals surface area contributed by atoms with E-state index < -0.39 is 24.3 Å². The van der Waals surface area contributed by atoms with Crippen LogP contribution in [0.25, 0.3) is 22.8 Å². The Balaban J connectivity index is 0.903. The Hall–Kier alpha value is -6.10. The molecule has 4 heterocycles. The van der Waals surface area contributed by atoms with Gasteiger partial charge in [0.05, 0.1) is 50.1 Å². The van der Waals surface area contributed by atoms with Gasteiger partial charge in [0.15, 0.2) is 0 Å². The van der Waals surface area contributed by atoms with Crippen molar-refractivity contribution >= 4 is 24.0 Å². The topological polar surface area (TPSA) is 175 Å². The standard InChI is InChI=1S/C44H50N8O6/c1-23(2)37(49-43(55)57-5)41(53)51-33-17-29(33)19-35(51)31-21-45-39(47-31)27-13-9-25(10-14-27)7-8-26-11-15-28(16-12-26)40-46-22-32(48-40)36-20-30-18-34(30)52(36)42(54)38(24(3)4)50-44(56)58-6/h9-16,21-24,29-30,33-38H,17-20H2,1-6H3,(H,45,47)(H,46,48)(H,49,55)(H,50,56)/t29?,30?,33?,34?,35?,36?,37-,38-/m0/s1. The molecule has 2 saturated heterocycles. The number of rotatable bonds is 10. The number of imidazole rings is 2. The molecule has 302 valence electrons. The smallest absolute Gasteiger partial charge is 0.407 e. The first-order valence-corrected chi connectivity index (χ1v) is 20.1. The van der Waals surface area contributed by atoms with Crippen molar-refractivity contribution < 1.29 is 28.7 Å². The lowest BCUT2D eigenvalue weighted by Gasteiger charge is -2.32. The number of ether oxygens (including phenoxy) is 2. The van der Waals surface area contributed by atoms with Crippen LogP contribution in [0.2, 0.25) is 0 Å². The van der Waals surface area contributed by atoms with E-state index in [1.807, 2.05) is 98.4 Å². The SMILES string of the molecule is COC(=O)N[C@H](C(=O)N1C(c2cnc(-c3ccc(C#Cc4ccc(-c5ncc(C6CC7CC7N6C(=O)[C@@H](NC(=O)OC)C(C)C)[nH]5)cc4)cc3)[nH]2)CC2CC21)C(C)C. The summed E-state index contributed by atoms with van der Waals surface area (Å²) in [6, 6.07) is 14.5. The molecule has 2 aliphatic heterocycles. The molecule has 0 spiro atoms. The van der Waals surface area contributed by atoms with E-state index in [0.717, 1.165) is 59.3 Å². The van der Waals surface area contributed by atoms with Gasteiger partial charge in [-0.05, 0) is 73.6 Å². The third kappa shape index (κ3) is 7.65. The molecule has 4 fully saturated rings. The van der Waals surface area contributed by atoms with Crippen LogP contribution < -0.4 is 10.6 Å². The van der Waals surface area contributed by atoms with Gasteiger partial charge in [-0.2, -0.15) is 0 Å². The predicted molar refractivity (Wildman–Crippen MR) is 215 cm³/mol. The van der Waals surface area contributed by atoms with E-state index >= 15 is 0 Å². The average molecular weight is 787 g/mol. The number of nitrogens with one attached hydrogen (secondary N) is 4. The second-order valence-corrected chi connectivity index (χ2v) is 16.6. The van der Waals surface area contributed by atoms with Crippen molar-refractivity contribution in [1.82, 2.24) is 40.4 Å². The number of aromatic amines is 2. The average Bonchev–Trinajstić information content (AvgIpc) is 3.81. The van der Waals surface area contributed by atoms with Crippen molar-refractivity contribution in [3.63, 3.8) is 0 Å². The molecule has 0 radical (unpaired) electrons. The Morgan fingerprint density at radius 2 is 1.02 bits per heavy atom. The fraction of sp³-hybridized carbons (Fsp3) is 0.455. The van der Waals surface area contributed by atoms with Crippen molar-refractivity contribution in [3.05, 3.63) is 83.4 Å². The van der Waals surface area contributed by atoms with Gasteiger partial charge in [0.25, 0.3) is 0 Å². The van der Waals surface area contributed by atoms with E-state index in [0.29, 0.717) is 23.5 Å². The molecule has 2 aromatic carbocycles. The molecule has 8 rings (SSSR count). The fourth-order valence-corrected chi connectivity index (χ4v) is 8.69. The number of piperidine rings is 2. The number of hydrogen-bond donors (Lipinski definition) is 4. The summed E-state index contributed by atoms with van der Waals surface area (Å²) in [6.45, 7) is 7.67. The lowest BCUT2D eigenvalue weighted by molar-refractivity contribution is -0.137. The number of aromatic nitrogens is 4. The Labute approximate surface area is 337 Å². The highest BCUT2D eigenvalue weighted by molar-refractivity contribution is 5.88. The van der Waals surface area contributed by atoms with E-state index in [2.05, 4.69) is 42.4 Å². The summed E-state index contributed by atoms with van der Waals surface area (Å²) >= 11 is 0. The van der Waals surface area contributed by atoms with Crippen LogP contribution in [-0.4, -0.2) is 92.1 Å². The van der Waals surface area contributed by atoms with E-state index in [4.69, 9.17) is 9.47 Å². The van der Waals surface area contributed by atoms with Gasteiger partial charge in [-0.3, -0.25) is 9.59 Å². The Morgan fingerprint density at radius 1 is 0.638 bits per heavy atom. The monoisotopic (exact) mass is 786 g/mol. The second-order valence-electron chi connectivity index (χ2n) is 16.6.